The van der Waals surface area contributed by atoms with Crippen molar-refractivity contribution in [2.75, 3.05) is 6.61 Å². The smallest absolute Gasteiger partial charge is 0.361 e. The third-order valence-electron chi connectivity index (χ3n) is 2.84. The topological polar surface area (TPSA) is 57.0 Å². The third kappa shape index (κ3) is 3.31. The summed E-state index contributed by atoms with van der Waals surface area (Å²) in [6.07, 6.45) is 1.43. The van der Waals surface area contributed by atoms with E-state index in [0.717, 1.165) is 18.2 Å². The Labute approximate surface area is 119 Å². The molecule has 5 nitrogen and oxygen atoms in total. The van der Waals surface area contributed by atoms with E-state index in [1.165, 1.54) is 10.8 Å². The fourth-order valence-corrected chi connectivity index (χ4v) is 1.73. The number of aromatic nitrogens is 3. The van der Waals surface area contributed by atoms with E-state index in [1.54, 1.807) is 6.92 Å². The van der Waals surface area contributed by atoms with Crippen molar-refractivity contribution in [2.24, 2.45) is 0 Å². The lowest BCUT2D eigenvalue weighted by Gasteiger charge is -2.05. The number of nitrogens with zero attached hydrogens (tertiary/aromatic N) is 3. The van der Waals surface area contributed by atoms with Crippen LogP contribution in [0, 0.1) is 18.6 Å². The van der Waals surface area contributed by atoms with Crippen LogP contribution < -0.4 is 0 Å². The summed E-state index contributed by atoms with van der Waals surface area (Å²) in [6, 6.07) is 3.15. The number of rotatable bonds is 5. The maximum atomic E-state index is 13.6. The summed E-state index contributed by atoms with van der Waals surface area (Å²) < 4.78 is 32.9. The number of esters is 1. The molecule has 0 radical (unpaired) electrons. The Morgan fingerprint density at radius 2 is 2.24 bits per heavy atom. The molecule has 0 bridgehead atoms. The van der Waals surface area contributed by atoms with Gasteiger partial charge in [-0.2, -0.15) is 0 Å². The molecule has 1 aromatic carbocycles. The molecule has 1 heterocycles. The number of hydrogen-bond donors (Lipinski definition) is 0. The first-order valence-electron chi connectivity index (χ1n) is 6.15. The van der Waals surface area contributed by atoms with Crippen LogP contribution in [0.1, 0.15) is 21.7 Å². The molecule has 0 saturated heterocycles. The highest BCUT2D eigenvalue weighted by molar-refractivity contribution is 5.88. The summed E-state index contributed by atoms with van der Waals surface area (Å²) in [5.74, 6) is -1.74. The molecule has 0 amide bonds. The van der Waals surface area contributed by atoms with Crippen molar-refractivity contribution in [2.45, 2.75) is 13.5 Å². The van der Waals surface area contributed by atoms with Gasteiger partial charge < -0.3 is 4.74 Å². The molecule has 0 unspecified atom stereocenters. The Kier molecular flexibility index (Phi) is 4.42. The molecule has 110 valence electrons. The second-order valence-electron chi connectivity index (χ2n) is 4.30. The minimum atomic E-state index is -0.640. The molecule has 0 aliphatic rings. The Morgan fingerprint density at radius 3 is 2.95 bits per heavy atom. The lowest BCUT2D eigenvalue weighted by Crippen LogP contribution is -2.09. The third-order valence-corrected chi connectivity index (χ3v) is 2.84. The van der Waals surface area contributed by atoms with Crippen LogP contribution in [0.25, 0.3) is 0 Å². The summed E-state index contributed by atoms with van der Waals surface area (Å²) >= 11 is 0. The van der Waals surface area contributed by atoms with Crippen LogP contribution in [0.3, 0.4) is 0 Å². The summed E-state index contributed by atoms with van der Waals surface area (Å²) in [6.45, 7) is 5.06. The number of ether oxygens (including phenoxy) is 1. The predicted octanol–water partition coefficient (Wildman–Crippen LogP) is 2.26. The molecule has 0 aliphatic carbocycles. The van der Waals surface area contributed by atoms with Crippen molar-refractivity contribution >= 4 is 5.97 Å². The fraction of sp³-hybridized carbons (Fsp3) is 0.214. The molecule has 0 spiro atoms. The zero-order valence-electron chi connectivity index (χ0n) is 11.3. The first-order valence-corrected chi connectivity index (χ1v) is 6.15. The van der Waals surface area contributed by atoms with Gasteiger partial charge in [-0.25, -0.2) is 18.3 Å². The van der Waals surface area contributed by atoms with Crippen LogP contribution in [0.4, 0.5) is 8.78 Å². The normalized spacial score (nSPS) is 10.4. The van der Waals surface area contributed by atoms with Gasteiger partial charge in [0.2, 0.25) is 0 Å². The largest absolute Gasteiger partial charge is 0.457 e. The van der Waals surface area contributed by atoms with E-state index in [0.29, 0.717) is 5.69 Å². The molecule has 21 heavy (non-hydrogen) atoms. The van der Waals surface area contributed by atoms with Gasteiger partial charge >= 0.3 is 5.97 Å². The number of halogens is 2. The first-order chi connectivity index (χ1) is 10.0. The van der Waals surface area contributed by atoms with Crippen molar-refractivity contribution < 1.29 is 18.3 Å². The van der Waals surface area contributed by atoms with E-state index < -0.39 is 17.6 Å². The van der Waals surface area contributed by atoms with Gasteiger partial charge in [0.05, 0.1) is 12.2 Å². The molecule has 0 fully saturated rings. The van der Waals surface area contributed by atoms with Gasteiger partial charge in [0.25, 0.3) is 0 Å². The number of benzene rings is 1. The quantitative estimate of drug-likeness (QED) is 0.627. The van der Waals surface area contributed by atoms with Gasteiger partial charge in [-0.1, -0.05) is 17.9 Å². The highest BCUT2D eigenvalue weighted by atomic mass is 19.1. The van der Waals surface area contributed by atoms with Crippen LogP contribution in [0.5, 0.6) is 0 Å². The van der Waals surface area contributed by atoms with E-state index in [1.807, 2.05) is 0 Å². The Morgan fingerprint density at radius 1 is 1.48 bits per heavy atom. The second-order valence-corrected chi connectivity index (χ2v) is 4.30. The lowest BCUT2D eigenvalue weighted by atomic mass is 10.2. The van der Waals surface area contributed by atoms with Gasteiger partial charge in [0.1, 0.15) is 18.2 Å². The molecular formula is C14H13F2N3O2. The molecule has 0 N–H and O–H groups in total. The van der Waals surface area contributed by atoms with Gasteiger partial charge in [0, 0.05) is 5.56 Å². The minimum Gasteiger partial charge on any atom is -0.457 e. The Bertz CT molecular complexity index is 683. The summed E-state index contributed by atoms with van der Waals surface area (Å²) in [4.78, 5) is 11.7. The monoisotopic (exact) mass is 293 g/mol. The average Bonchev–Trinajstić information content (AvgIpc) is 2.82. The average molecular weight is 293 g/mol. The maximum Gasteiger partial charge on any atom is 0.361 e. The zero-order chi connectivity index (χ0) is 15.4. The van der Waals surface area contributed by atoms with Crippen molar-refractivity contribution in [3.8, 4) is 0 Å². The van der Waals surface area contributed by atoms with Crippen LogP contribution in [0.2, 0.25) is 0 Å². The number of carbonyl (C=O) groups excluding carboxylic acids is 1. The lowest BCUT2D eigenvalue weighted by molar-refractivity contribution is 0.0542. The summed E-state index contributed by atoms with van der Waals surface area (Å²) in [7, 11) is 0. The SMILES string of the molecule is C=CCOC(=O)c1nnn(Cc2cc(F)ccc2F)c1C. The van der Waals surface area contributed by atoms with E-state index in [4.69, 9.17) is 4.74 Å². The molecule has 0 aliphatic heterocycles. The van der Waals surface area contributed by atoms with Crippen molar-refractivity contribution in [1.29, 1.82) is 0 Å². The fourth-order valence-electron chi connectivity index (χ4n) is 1.73. The Hall–Kier alpha value is -2.57. The molecule has 7 heteroatoms. The van der Waals surface area contributed by atoms with Crippen molar-refractivity contribution in [3.63, 3.8) is 0 Å². The molecule has 2 rings (SSSR count). The molecule has 1 aromatic heterocycles. The zero-order valence-corrected chi connectivity index (χ0v) is 11.3. The minimum absolute atomic E-state index is 0.0306. The molecule has 0 atom stereocenters. The Balaban J connectivity index is 2.22. The highest BCUT2D eigenvalue weighted by Crippen LogP contribution is 2.13. The van der Waals surface area contributed by atoms with E-state index >= 15 is 0 Å². The van der Waals surface area contributed by atoms with E-state index in [9.17, 15) is 13.6 Å². The number of hydrogen-bond acceptors (Lipinski definition) is 4. The standard InChI is InChI=1S/C14H13F2N3O2/c1-3-6-21-14(20)13-9(2)19(18-17-13)8-10-7-11(15)4-5-12(10)16/h3-5,7H,1,6,8H2,2H3. The van der Waals surface area contributed by atoms with Gasteiger partial charge in [-0.05, 0) is 25.1 Å². The molecule has 2 aromatic rings. The highest BCUT2D eigenvalue weighted by Gasteiger charge is 2.18. The van der Waals surface area contributed by atoms with Crippen LogP contribution in [-0.4, -0.2) is 27.6 Å². The predicted molar refractivity (Wildman–Crippen MR) is 70.7 cm³/mol. The number of carbonyl (C=O) groups is 1. The van der Waals surface area contributed by atoms with Crippen molar-refractivity contribution in [1.82, 2.24) is 15.0 Å². The molecule has 0 saturated carbocycles. The summed E-state index contributed by atoms with van der Waals surface area (Å²) in [5, 5.41) is 7.47. The van der Waals surface area contributed by atoms with Gasteiger partial charge in [-0.3, -0.25) is 0 Å². The van der Waals surface area contributed by atoms with E-state index in [2.05, 4.69) is 16.9 Å². The summed E-state index contributed by atoms with van der Waals surface area (Å²) in [5.41, 5.74) is 0.565. The van der Waals surface area contributed by atoms with Crippen LogP contribution >= 0.6 is 0 Å². The first kappa shape index (κ1) is 14.8. The van der Waals surface area contributed by atoms with Crippen LogP contribution in [-0.2, 0) is 11.3 Å². The van der Waals surface area contributed by atoms with Gasteiger partial charge in [0.15, 0.2) is 5.69 Å². The molecular weight excluding hydrogens is 280 g/mol. The van der Waals surface area contributed by atoms with Crippen molar-refractivity contribution in [3.05, 3.63) is 59.4 Å². The maximum absolute atomic E-state index is 13.6. The second kappa shape index (κ2) is 6.25. The van der Waals surface area contributed by atoms with Crippen LogP contribution in [0.15, 0.2) is 30.9 Å². The van der Waals surface area contributed by atoms with E-state index in [-0.39, 0.29) is 24.4 Å². The van der Waals surface area contributed by atoms with Gasteiger partial charge in [-0.15, -0.1) is 5.10 Å².